The largest absolute Gasteiger partial charge is 0.438 e. The molecule has 0 radical (unpaired) electrons. The van der Waals surface area contributed by atoms with Crippen LogP contribution >= 0.6 is 22.6 Å². The first-order valence-corrected chi connectivity index (χ1v) is 4.23. The van der Waals surface area contributed by atoms with Gasteiger partial charge >= 0.3 is 0 Å². The molecule has 0 fully saturated rings. The average molecular weight is 260 g/mol. The molecule has 0 saturated carbocycles. The summed E-state index contributed by atoms with van der Waals surface area (Å²) in [5.41, 5.74) is 1.47. The molecule has 0 atom stereocenters. The van der Waals surface area contributed by atoms with Crippen LogP contribution in [0.5, 0.6) is 0 Å². The maximum Gasteiger partial charge on any atom is 0.199 e. The topological polar surface area (TPSA) is 38.9 Å². The Hall–Kier alpha value is -0.650. The SMILES string of the molecule is Cc1nc2nccc(I)c2o1. The lowest BCUT2D eigenvalue weighted by molar-refractivity contribution is 0.559. The van der Waals surface area contributed by atoms with Crippen LogP contribution in [-0.4, -0.2) is 9.97 Å². The standard InChI is InChI=1S/C7H5IN2O/c1-4-10-7-6(11-4)5(8)2-3-9-7/h2-3H,1H3. The van der Waals surface area contributed by atoms with Crippen molar-refractivity contribution in [2.75, 3.05) is 0 Å². The molecule has 0 aromatic carbocycles. The zero-order valence-corrected chi connectivity index (χ0v) is 7.99. The monoisotopic (exact) mass is 260 g/mol. The summed E-state index contributed by atoms with van der Waals surface area (Å²) in [6, 6.07) is 1.90. The van der Waals surface area contributed by atoms with E-state index < -0.39 is 0 Å². The molecule has 0 bridgehead atoms. The highest BCUT2D eigenvalue weighted by molar-refractivity contribution is 14.1. The second-order valence-corrected chi connectivity index (χ2v) is 3.34. The van der Waals surface area contributed by atoms with Gasteiger partial charge < -0.3 is 4.42 Å². The van der Waals surface area contributed by atoms with Gasteiger partial charge in [-0.25, -0.2) is 4.98 Å². The van der Waals surface area contributed by atoms with Crippen LogP contribution in [0.25, 0.3) is 11.2 Å². The first kappa shape index (κ1) is 7.02. The van der Waals surface area contributed by atoms with Gasteiger partial charge in [0.05, 0.1) is 3.57 Å². The predicted molar refractivity (Wildman–Crippen MR) is 49.3 cm³/mol. The molecule has 0 aliphatic rings. The molecular formula is C7H5IN2O. The van der Waals surface area contributed by atoms with Gasteiger partial charge in [0, 0.05) is 13.1 Å². The maximum absolute atomic E-state index is 5.32. The summed E-state index contributed by atoms with van der Waals surface area (Å²) in [6.45, 7) is 1.82. The zero-order chi connectivity index (χ0) is 7.84. The number of oxazole rings is 1. The third kappa shape index (κ3) is 1.11. The fourth-order valence-electron chi connectivity index (χ4n) is 0.908. The molecule has 11 heavy (non-hydrogen) atoms. The van der Waals surface area contributed by atoms with E-state index in [2.05, 4.69) is 32.6 Å². The van der Waals surface area contributed by atoms with Gasteiger partial charge in [-0.15, -0.1) is 0 Å². The summed E-state index contributed by atoms with van der Waals surface area (Å²) in [5.74, 6) is 0.664. The summed E-state index contributed by atoms with van der Waals surface area (Å²) in [5, 5.41) is 0. The van der Waals surface area contributed by atoms with Crippen LogP contribution in [0, 0.1) is 10.5 Å². The number of aromatic nitrogens is 2. The zero-order valence-electron chi connectivity index (χ0n) is 5.84. The Morgan fingerprint density at radius 3 is 3.09 bits per heavy atom. The van der Waals surface area contributed by atoms with Gasteiger partial charge in [0.25, 0.3) is 0 Å². The number of hydrogen-bond acceptors (Lipinski definition) is 3. The van der Waals surface area contributed by atoms with Gasteiger partial charge in [-0.05, 0) is 28.7 Å². The van der Waals surface area contributed by atoms with Crippen LogP contribution < -0.4 is 0 Å². The summed E-state index contributed by atoms with van der Waals surface area (Å²) in [7, 11) is 0. The van der Waals surface area contributed by atoms with Crippen LogP contribution in [0.15, 0.2) is 16.7 Å². The molecule has 2 heterocycles. The third-order valence-electron chi connectivity index (χ3n) is 1.35. The van der Waals surface area contributed by atoms with E-state index in [-0.39, 0.29) is 0 Å². The van der Waals surface area contributed by atoms with E-state index in [1.54, 1.807) is 6.20 Å². The first-order valence-electron chi connectivity index (χ1n) is 3.15. The van der Waals surface area contributed by atoms with Crippen LogP contribution in [0.2, 0.25) is 0 Å². The van der Waals surface area contributed by atoms with Crippen molar-refractivity contribution in [3.63, 3.8) is 0 Å². The maximum atomic E-state index is 5.32. The summed E-state index contributed by atoms with van der Waals surface area (Å²) in [4.78, 5) is 8.14. The number of pyridine rings is 1. The van der Waals surface area contributed by atoms with Gasteiger partial charge in [0.15, 0.2) is 17.1 Å². The fourth-order valence-corrected chi connectivity index (χ4v) is 1.42. The van der Waals surface area contributed by atoms with E-state index in [4.69, 9.17) is 4.42 Å². The Morgan fingerprint density at radius 1 is 1.55 bits per heavy atom. The molecule has 2 rings (SSSR count). The molecule has 2 aromatic heterocycles. The van der Waals surface area contributed by atoms with E-state index in [9.17, 15) is 0 Å². The number of nitrogens with zero attached hydrogens (tertiary/aromatic N) is 2. The Kier molecular flexibility index (Phi) is 1.56. The van der Waals surface area contributed by atoms with Crippen molar-refractivity contribution >= 4 is 33.8 Å². The van der Waals surface area contributed by atoms with E-state index >= 15 is 0 Å². The number of rotatable bonds is 0. The second kappa shape index (κ2) is 2.44. The molecule has 0 N–H and O–H groups in total. The Bertz CT molecular complexity index is 396. The number of halogens is 1. The van der Waals surface area contributed by atoms with E-state index in [0.717, 1.165) is 9.15 Å². The minimum Gasteiger partial charge on any atom is -0.438 e. The van der Waals surface area contributed by atoms with Crippen molar-refractivity contribution < 1.29 is 4.42 Å². The fraction of sp³-hybridized carbons (Fsp3) is 0.143. The van der Waals surface area contributed by atoms with Gasteiger partial charge in [-0.1, -0.05) is 0 Å². The van der Waals surface area contributed by atoms with Crippen molar-refractivity contribution in [3.8, 4) is 0 Å². The normalized spacial score (nSPS) is 10.7. The van der Waals surface area contributed by atoms with Crippen molar-refractivity contribution in [1.29, 1.82) is 0 Å². The van der Waals surface area contributed by atoms with Crippen molar-refractivity contribution in [2.24, 2.45) is 0 Å². The third-order valence-corrected chi connectivity index (χ3v) is 2.20. The lowest BCUT2D eigenvalue weighted by Gasteiger charge is -1.86. The predicted octanol–water partition coefficient (Wildman–Crippen LogP) is 2.14. The lowest BCUT2D eigenvalue weighted by atomic mass is 10.5. The first-order chi connectivity index (χ1) is 5.27. The van der Waals surface area contributed by atoms with Gasteiger partial charge in [-0.3, -0.25) is 0 Å². The van der Waals surface area contributed by atoms with Crippen molar-refractivity contribution in [2.45, 2.75) is 6.92 Å². The molecule has 56 valence electrons. The highest BCUT2D eigenvalue weighted by Gasteiger charge is 2.04. The summed E-state index contributed by atoms with van der Waals surface area (Å²) < 4.78 is 6.37. The molecule has 0 aliphatic carbocycles. The Balaban J connectivity index is 2.90. The molecule has 4 heteroatoms. The number of aryl methyl sites for hydroxylation is 1. The highest BCUT2D eigenvalue weighted by Crippen LogP contribution is 2.18. The van der Waals surface area contributed by atoms with E-state index in [0.29, 0.717) is 11.5 Å². The molecule has 0 spiro atoms. The molecule has 3 nitrogen and oxygen atoms in total. The quantitative estimate of drug-likeness (QED) is 0.681. The summed E-state index contributed by atoms with van der Waals surface area (Å²) in [6.07, 6.45) is 1.73. The Morgan fingerprint density at radius 2 is 2.36 bits per heavy atom. The van der Waals surface area contributed by atoms with Gasteiger partial charge in [0.2, 0.25) is 0 Å². The summed E-state index contributed by atoms with van der Waals surface area (Å²) >= 11 is 2.20. The smallest absolute Gasteiger partial charge is 0.199 e. The minimum absolute atomic E-state index is 0.664. The van der Waals surface area contributed by atoms with E-state index in [1.807, 2.05) is 13.0 Å². The number of fused-ring (bicyclic) bond motifs is 1. The number of hydrogen-bond donors (Lipinski definition) is 0. The van der Waals surface area contributed by atoms with Gasteiger partial charge in [0.1, 0.15) is 0 Å². The Labute approximate surface area is 77.0 Å². The van der Waals surface area contributed by atoms with Crippen LogP contribution in [0.3, 0.4) is 0 Å². The molecular weight excluding hydrogens is 255 g/mol. The van der Waals surface area contributed by atoms with Crippen molar-refractivity contribution in [1.82, 2.24) is 9.97 Å². The average Bonchev–Trinajstić information content (AvgIpc) is 2.31. The molecule has 0 amide bonds. The molecule has 0 unspecified atom stereocenters. The molecule has 0 saturated heterocycles. The molecule has 0 aliphatic heterocycles. The second-order valence-electron chi connectivity index (χ2n) is 2.18. The van der Waals surface area contributed by atoms with Crippen LogP contribution in [-0.2, 0) is 0 Å². The van der Waals surface area contributed by atoms with Crippen LogP contribution in [0.4, 0.5) is 0 Å². The lowest BCUT2D eigenvalue weighted by Crippen LogP contribution is -1.77. The van der Waals surface area contributed by atoms with Crippen molar-refractivity contribution in [3.05, 3.63) is 21.7 Å². The van der Waals surface area contributed by atoms with Crippen LogP contribution in [0.1, 0.15) is 5.89 Å². The molecule has 2 aromatic rings. The minimum atomic E-state index is 0.664. The highest BCUT2D eigenvalue weighted by atomic mass is 127. The van der Waals surface area contributed by atoms with Gasteiger partial charge in [-0.2, -0.15) is 4.98 Å². The van der Waals surface area contributed by atoms with E-state index in [1.165, 1.54) is 0 Å².